The number of nitro groups is 1. The monoisotopic (exact) mass is 366 g/mol. The second kappa shape index (κ2) is 6.45. The molecule has 0 amide bonds. The quantitative estimate of drug-likeness (QED) is 0.433. The first-order valence-corrected chi connectivity index (χ1v) is 8.28. The summed E-state index contributed by atoms with van der Waals surface area (Å²) in [7, 11) is 0. The average molecular weight is 366 g/mol. The number of aromatic amines is 1. The molecular formula is C17H10N4O4S. The van der Waals surface area contributed by atoms with Gasteiger partial charge in [0.25, 0.3) is 16.5 Å². The lowest BCUT2D eigenvalue weighted by atomic mass is 10.2. The number of nitro benzene ring substituents is 1. The molecule has 0 spiro atoms. The van der Waals surface area contributed by atoms with Crippen LogP contribution < -0.4 is 5.56 Å². The molecule has 0 radical (unpaired) electrons. The van der Waals surface area contributed by atoms with Gasteiger partial charge < -0.3 is 9.40 Å². The molecule has 0 atom stereocenters. The van der Waals surface area contributed by atoms with Crippen molar-refractivity contribution in [2.75, 3.05) is 0 Å². The van der Waals surface area contributed by atoms with Gasteiger partial charge in [0.2, 0.25) is 0 Å². The van der Waals surface area contributed by atoms with E-state index in [4.69, 9.17) is 4.42 Å². The molecule has 4 rings (SSSR count). The number of nitrogens with one attached hydrogen (secondary N) is 1. The standard InChI is InChI=1S/C17H10N4O4S/c22-16-11-6-14(21(23)24)15(7-12(11)18-9-19-16)26-17-20-13(8-25-17)10-4-2-1-3-5-10/h1-9H,(H,18,19,22). The van der Waals surface area contributed by atoms with E-state index in [9.17, 15) is 14.9 Å². The number of hydrogen-bond acceptors (Lipinski definition) is 7. The lowest BCUT2D eigenvalue weighted by Crippen LogP contribution is -2.07. The largest absolute Gasteiger partial charge is 0.439 e. The Balaban J connectivity index is 1.75. The lowest BCUT2D eigenvalue weighted by molar-refractivity contribution is -0.387. The van der Waals surface area contributed by atoms with Crippen LogP contribution in [-0.2, 0) is 0 Å². The molecule has 0 fully saturated rings. The predicted octanol–water partition coefficient (Wildman–Crippen LogP) is 3.64. The van der Waals surface area contributed by atoms with Crippen molar-refractivity contribution in [2.24, 2.45) is 0 Å². The second-order valence-corrected chi connectivity index (χ2v) is 6.29. The summed E-state index contributed by atoms with van der Waals surface area (Å²) < 4.78 is 5.43. The summed E-state index contributed by atoms with van der Waals surface area (Å²) in [4.78, 5) is 33.8. The van der Waals surface area contributed by atoms with Crippen LogP contribution in [0.5, 0.6) is 0 Å². The smallest absolute Gasteiger partial charge is 0.284 e. The van der Waals surface area contributed by atoms with Gasteiger partial charge in [-0.25, -0.2) is 9.97 Å². The van der Waals surface area contributed by atoms with Crippen molar-refractivity contribution in [3.05, 3.63) is 75.5 Å². The zero-order valence-corrected chi connectivity index (χ0v) is 13.9. The van der Waals surface area contributed by atoms with Crippen molar-refractivity contribution in [3.63, 3.8) is 0 Å². The molecule has 2 heterocycles. The Morgan fingerprint density at radius 2 is 2.00 bits per heavy atom. The summed E-state index contributed by atoms with van der Waals surface area (Å²) >= 11 is 1.01. The van der Waals surface area contributed by atoms with Crippen molar-refractivity contribution in [1.29, 1.82) is 0 Å². The molecule has 1 N–H and O–H groups in total. The fraction of sp³-hybridized carbons (Fsp3) is 0. The predicted molar refractivity (Wildman–Crippen MR) is 95.1 cm³/mol. The van der Waals surface area contributed by atoms with Crippen molar-refractivity contribution >= 4 is 28.4 Å². The van der Waals surface area contributed by atoms with Crippen molar-refractivity contribution in [1.82, 2.24) is 15.0 Å². The van der Waals surface area contributed by atoms with Crippen LogP contribution in [0.4, 0.5) is 5.69 Å². The summed E-state index contributed by atoms with van der Waals surface area (Å²) in [6.45, 7) is 0. The van der Waals surface area contributed by atoms with Crippen LogP contribution in [0.15, 0.2) is 74.4 Å². The molecule has 0 saturated heterocycles. The first-order valence-electron chi connectivity index (χ1n) is 7.46. The maximum Gasteiger partial charge on any atom is 0.284 e. The third kappa shape index (κ3) is 2.95. The van der Waals surface area contributed by atoms with E-state index in [-0.39, 0.29) is 16.3 Å². The first-order chi connectivity index (χ1) is 12.6. The van der Waals surface area contributed by atoms with E-state index in [1.54, 1.807) is 0 Å². The highest BCUT2D eigenvalue weighted by Gasteiger charge is 2.20. The van der Waals surface area contributed by atoms with E-state index in [1.165, 1.54) is 24.7 Å². The average Bonchev–Trinajstić information content (AvgIpc) is 3.11. The number of fused-ring (bicyclic) bond motifs is 1. The second-order valence-electron chi connectivity index (χ2n) is 5.29. The topological polar surface area (TPSA) is 115 Å². The molecular weight excluding hydrogens is 356 g/mol. The number of rotatable bonds is 4. The summed E-state index contributed by atoms with van der Waals surface area (Å²) in [6, 6.07) is 12.1. The molecule has 26 heavy (non-hydrogen) atoms. The van der Waals surface area contributed by atoms with E-state index in [2.05, 4.69) is 15.0 Å². The third-order valence-electron chi connectivity index (χ3n) is 3.67. The molecule has 0 aliphatic carbocycles. The van der Waals surface area contributed by atoms with Gasteiger partial charge >= 0.3 is 0 Å². The molecule has 128 valence electrons. The van der Waals surface area contributed by atoms with Crippen LogP contribution in [0.2, 0.25) is 0 Å². The number of hydrogen-bond donors (Lipinski definition) is 1. The van der Waals surface area contributed by atoms with Gasteiger partial charge in [0.05, 0.1) is 27.0 Å². The summed E-state index contributed by atoms with van der Waals surface area (Å²) in [5.41, 5.74) is 1.23. The zero-order valence-electron chi connectivity index (χ0n) is 13.1. The van der Waals surface area contributed by atoms with Gasteiger partial charge in [-0.2, -0.15) is 0 Å². The number of oxazole rings is 1. The molecule has 0 bridgehead atoms. The van der Waals surface area contributed by atoms with Crippen LogP contribution in [0.3, 0.4) is 0 Å². The Bertz CT molecular complexity index is 1170. The van der Waals surface area contributed by atoms with Crippen LogP contribution in [-0.4, -0.2) is 19.9 Å². The molecule has 8 nitrogen and oxygen atoms in total. The van der Waals surface area contributed by atoms with Gasteiger partial charge in [-0.05, 0) is 17.8 Å². The molecule has 9 heteroatoms. The molecule has 2 aromatic heterocycles. The SMILES string of the molecule is O=c1[nH]cnc2cc(Sc3nc(-c4ccccc4)co3)c([N+](=O)[O-])cc12. The first kappa shape index (κ1) is 16.0. The van der Waals surface area contributed by atoms with Gasteiger partial charge in [-0.3, -0.25) is 14.9 Å². The highest BCUT2D eigenvalue weighted by atomic mass is 32.2. The highest BCUT2D eigenvalue weighted by Crippen LogP contribution is 2.37. The van der Waals surface area contributed by atoms with Crippen LogP contribution in [0, 0.1) is 10.1 Å². The van der Waals surface area contributed by atoms with E-state index in [0.29, 0.717) is 16.1 Å². The lowest BCUT2D eigenvalue weighted by Gasteiger charge is -2.02. The number of aromatic nitrogens is 3. The van der Waals surface area contributed by atoms with Gasteiger partial charge in [0.15, 0.2) is 0 Å². The Hall–Kier alpha value is -3.46. The molecule has 4 aromatic rings. The molecule has 0 saturated carbocycles. The summed E-state index contributed by atoms with van der Waals surface area (Å²) in [6.07, 6.45) is 2.75. The van der Waals surface area contributed by atoms with Crippen LogP contribution in [0.1, 0.15) is 0 Å². The Morgan fingerprint density at radius 1 is 1.19 bits per heavy atom. The van der Waals surface area contributed by atoms with E-state index in [0.717, 1.165) is 17.3 Å². The van der Waals surface area contributed by atoms with E-state index < -0.39 is 10.5 Å². The van der Waals surface area contributed by atoms with Gasteiger partial charge in [0.1, 0.15) is 12.0 Å². The normalized spacial score (nSPS) is 10.9. The van der Waals surface area contributed by atoms with Gasteiger partial charge in [-0.1, -0.05) is 30.3 Å². The van der Waals surface area contributed by atoms with Crippen LogP contribution in [0.25, 0.3) is 22.2 Å². The minimum Gasteiger partial charge on any atom is -0.439 e. The summed E-state index contributed by atoms with van der Waals surface area (Å²) in [5, 5.41) is 11.8. The zero-order chi connectivity index (χ0) is 18.1. The highest BCUT2D eigenvalue weighted by molar-refractivity contribution is 7.99. The Kier molecular flexibility index (Phi) is 3.98. The fourth-order valence-corrected chi connectivity index (χ4v) is 3.29. The Labute approximate surface area is 150 Å². The molecule has 0 aliphatic heterocycles. The number of H-pyrrole nitrogens is 1. The number of benzene rings is 2. The molecule has 0 unspecified atom stereocenters. The van der Waals surface area contributed by atoms with Gasteiger partial charge in [-0.15, -0.1) is 0 Å². The maximum atomic E-state index is 11.8. The van der Waals surface area contributed by atoms with Crippen LogP contribution >= 0.6 is 11.8 Å². The van der Waals surface area contributed by atoms with E-state index >= 15 is 0 Å². The molecule has 0 aliphatic rings. The number of nitrogens with zero attached hydrogens (tertiary/aromatic N) is 3. The fourth-order valence-electron chi connectivity index (χ4n) is 2.45. The minimum atomic E-state index is -0.546. The van der Waals surface area contributed by atoms with Crippen molar-refractivity contribution in [2.45, 2.75) is 10.1 Å². The van der Waals surface area contributed by atoms with Gasteiger partial charge in [0, 0.05) is 11.6 Å². The summed E-state index contributed by atoms with van der Waals surface area (Å²) in [5.74, 6) is 0. The minimum absolute atomic E-state index is 0.154. The maximum absolute atomic E-state index is 11.8. The van der Waals surface area contributed by atoms with Crippen molar-refractivity contribution < 1.29 is 9.34 Å². The third-order valence-corrected chi connectivity index (χ3v) is 4.58. The van der Waals surface area contributed by atoms with E-state index in [1.807, 2.05) is 30.3 Å². The van der Waals surface area contributed by atoms with Crippen molar-refractivity contribution in [3.8, 4) is 11.3 Å². The molecule has 2 aromatic carbocycles. The Morgan fingerprint density at radius 3 is 2.77 bits per heavy atom.